The molecule has 0 saturated carbocycles. The van der Waals surface area contributed by atoms with Crippen LogP contribution in [0.25, 0.3) is 0 Å². The fourth-order valence-corrected chi connectivity index (χ4v) is 3.77. The molecule has 122 valence electrons. The minimum absolute atomic E-state index is 0.466. The van der Waals surface area contributed by atoms with Crippen LogP contribution in [0, 0.1) is 0 Å². The quantitative estimate of drug-likeness (QED) is 0.874. The Bertz CT molecular complexity index is 474. The van der Waals surface area contributed by atoms with E-state index in [0.717, 1.165) is 30.7 Å². The highest BCUT2D eigenvalue weighted by Crippen LogP contribution is 2.39. The zero-order chi connectivity index (χ0) is 15.6. The zero-order valence-corrected chi connectivity index (χ0v) is 13.7. The molecule has 2 fully saturated rings. The van der Waals surface area contributed by atoms with Gasteiger partial charge in [-0.15, -0.1) is 0 Å². The van der Waals surface area contributed by atoms with Crippen LogP contribution < -0.4 is 10.1 Å². The van der Waals surface area contributed by atoms with Crippen molar-refractivity contribution in [1.82, 2.24) is 10.2 Å². The van der Waals surface area contributed by atoms with Crippen molar-refractivity contribution in [3.05, 3.63) is 29.8 Å². The third kappa shape index (κ3) is 3.62. The van der Waals surface area contributed by atoms with Gasteiger partial charge in [0.15, 0.2) is 0 Å². The molecule has 2 N–H and O–H groups in total. The fourth-order valence-electron chi connectivity index (χ4n) is 3.77. The van der Waals surface area contributed by atoms with Gasteiger partial charge < -0.3 is 20.1 Å². The summed E-state index contributed by atoms with van der Waals surface area (Å²) in [6.07, 6.45) is 5.31. The molecule has 2 aliphatic heterocycles. The second kappa shape index (κ2) is 6.57. The molecule has 22 heavy (non-hydrogen) atoms. The highest BCUT2D eigenvalue weighted by Gasteiger charge is 2.41. The summed E-state index contributed by atoms with van der Waals surface area (Å²) in [5, 5.41) is 14.7. The van der Waals surface area contributed by atoms with Gasteiger partial charge >= 0.3 is 0 Å². The van der Waals surface area contributed by atoms with Crippen molar-refractivity contribution in [3.8, 4) is 5.75 Å². The van der Waals surface area contributed by atoms with E-state index in [0.29, 0.717) is 18.7 Å². The van der Waals surface area contributed by atoms with Gasteiger partial charge in [-0.25, -0.2) is 0 Å². The second-order valence-corrected chi connectivity index (χ2v) is 7.11. The average molecular weight is 304 g/mol. The Morgan fingerprint density at radius 3 is 2.41 bits per heavy atom. The number of benzene rings is 1. The Kier molecular flexibility index (Phi) is 4.71. The molecule has 2 bridgehead atoms. The predicted molar refractivity (Wildman–Crippen MR) is 88.2 cm³/mol. The lowest BCUT2D eigenvalue weighted by Gasteiger charge is -2.45. The SMILES string of the molecule is CN(C)CCOc1ccc(C2(O)CC3CCCC(C2)N3)cc1. The number of fused-ring (bicyclic) bond motifs is 2. The van der Waals surface area contributed by atoms with Crippen molar-refractivity contribution in [2.45, 2.75) is 49.8 Å². The van der Waals surface area contributed by atoms with E-state index in [9.17, 15) is 5.11 Å². The van der Waals surface area contributed by atoms with Crippen molar-refractivity contribution >= 4 is 0 Å². The molecule has 2 saturated heterocycles. The number of nitrogens with one attached hydrogen (secondary N) is 1. The molecule has 1 aromatic carbocycles. The summed E-state index contributed by atoms with van der Waals surface area (Å²) >= 11 is 0. The molecule has 0 spiro atoms. The maximum Gasteiger partial charge on any atom is 0.119 e. The Hall–Kier alpha value is -1.10. The number of nitrogens with zero attached hydrogens (tertiary/aromatic N) is 1. The number of likely N-dealkylation sites (N-methyl/N-ethyl adjacent to an activating group) is 1. The van der Waals surface area contributed by atoms with E-state index in [1.54, 1.807) is 0 Å². The maximum absolute atomic E-state index is 11.1. The van der Waals surface area contributed by atoms with Crippen LogP contribution >= 0.6 is 0 Å². The van der Waals surface area contributed by atoms with Crippen LogP contribution in [0.3, 0.4) is 0 Å². The Morgan fingerprint density at radius 1 is 1.18 bits per heavy atom. The van der Waals surface area contributed by atoms with E-state index in [4.69, 9.17) is 4.74 Å². The molecule has 4 heteroatoms. The summed E-state index contributed by atoms with van der Waals surface area (Å²) in [5.74, 6) is 0.878. The standard InChI is InChI=1S/C18H28N2O2/c1-20(2)10-11-22-17-8-6-14(7-9-17)18(21)12-15-4-3-5-16(13-18)19-15/h6-9,15-16,19,21H,3-5,10-13H2,1-2H3. The summed E-state index contributed by atoms with van der Waals surface area (Å²) in [4.78, 5) is 2.10. The number of hydrogen-bond acceptors (Lipinski definition) is 4. The minimum Gasteiger partial charge on any atom is -0.492 e. The highest BCUT2D eigenvalue weighted by molar-refractivity contribution is 5.32. The Labute approximate surface area is 133 Å². The molecule has 2 heterocycles. The van der Waals surface area contributed by atoms with E-state index < -0.39 is 5.60 Å². The normalized spacial score (nSPS) is 31.3. The zero-order valence-electron chi connectivity index (χ0n) is 13.7. The summed E-state index contributed by atoms with van der Waals surface area (Å²) in [5.41, 5.74) is 0.356. The molecule has 0 amide bonds. The molecule has 0 aliphatic carbocycles. The molecular formula is C18H28N2O2. The molecule has 4 nitrogen and oxygen atoms in total. The fraction of sp³-hybridized carbons (Fsp3) is 0.667. The Morgan fingerprint density at radius 2 is 1.82 bits per heavy atom. The van der Waals surface area contributed by atoms with Crippen LogP contribution in [0.4, 0.5) is 0 Å². The first-order valence-electron chi connectivity index (χ1n) is 8.42. The number of aliphatic hydroxyl groups is 1. The first kappa shape index (κ1) is 15.8. The largest absolute Gasteiger partial charge is 0.492 e. The monoisotopic (exact) mass is 304 g/mol. The predicted octanol–water partition coefficient (Wildman–Crippen LogP) is 2.12. The van der Waals surface area contributed by atoms with E-state index in [1.165, 1.54) is 19.3 Å². The van der Waals surface area contributed by atoms with E-state index >= 15 is 0 Å². The number of ether oxygens (including phenoxy) is 1. The topological polar surface area (TPSA) is 44.7 Å². The molecule has 2 atom stereocenters. The smallest absolute Gasteiger partial charge is 0.119 e. The molecular weight excluding hydrogens is 276 g/mol. The molecule has 1 aromatic rings. The number of piperidine rings is 2. The van der Waals surface area contributed by atoms with E-state index in [1.807, 2.05) is 38.4 Å². The van der Waals surface area contributed by atoms with Crippen LogP contribution in [0.1, 0.15) is 37.7 Å². The van der Waals surface area contributed by atoms with Gasteiger partial charge in [-0.05, 0) is 57.5 Å². The summed E-state index contributed by atoms with van der Waals surface area (Å²) in [6, 6.07) is 8.97. The van der Waals surface area contributed by atoms with Gasteiger partial charge in [0.05, 0.1) is 5.60 Å². The van der Waals surface area contributed by atoms with Crippen LogP contribution in [0.5, 0.6) is 5.75 Å². The summed E-state index contributed by atoms with van der Waals surface area (Å²) in [7, 11) is 4.08. The lowest BCUT2D eigenvalue weighted by atomic mass is 9.74. The third-order valence-corrected chi connectivity index (χ3v) is 4.94. The minimum atomic E-state index is -0.677. The molecule has 0 aromatic heterocycles. The average Bonchev–Trinajstić information content (AvgIpc) is 2.47. The van der Waals surface area contributed by atoms with Crippen LogP contribution in [-0.4, -0.2) is 49.3 Å². The van der Waals surface area contributed by atoms with E-state index in [-0.39, 0.29) is 0 Å². The van der Waals surface area contributed by atoms with Crippen molar-refractivity contribution in [2.75, 3.05) is 27.2 Å². The number of rotatable bonds is 5. The van der Waals surface area contributed by atoms with Gasteiger partial charge in [-0.2, -0.15) is 0 Å². The molecule has 0 radical (unpaired) electrons. The number of hydrogen-bond donors (Lipinski definition) is 2. The van der Waals surface area contributed by atoms with Crippen molar-refractivity contribution in [3.63, 3.8) is 0 Å². The first-order valence-corrected chi connectivity index (χ1v) is 8.42. The highest BCUT2D eigenvalue weighted by atomic mass is 16.5. The van der Waals surface area contributed by atoms with Gasteiger partial charge in [0.1, 0.15) is 12.4 Å². The van der Waals surface area contributed by atoms with Gasteiger partial charge in [0, 0.05) is 18.6 Å². The van der Waals surface area contributed by atoms with Gasteiger partial charge in [0.25, 0.3) is 0 Å². The Balaban J connectivity index is 1.64. The molecule has 2 unspecified atom stereocenters. The van der Waals surface area contributed by atoms with Gasteiger partial charge in [-0.1, -0.05) is 18.6 Å². The first-order chi connectivity index (χ1) is 10.5. The van der Waals surface area contributed by atoms with Crippen LogP contribution in [0.2, 0.25) is 0 Å². The van der Waals surface area contributed by atoms with Crippen LogP contribution in [-0.2, 0) is 5.60 Å². The summed E-state index contributed by atoms with van der Waals surface area (Å²) < 4.78 is 5.73. The van der Waals surface area contributed by atoms with Gasteiger partial charge in [-0.3, -0.25) is 0 Å². The lowest BCUT2D eigenvalue weighted by molar-refractivity contribution is -0.0359. The second-order valence-electron chi connectivity index (χ2n) is 7.11. The van der Waals surface area contributed by atoms with E-state index in [2.05, 4.69) is 10.2 Å². The van der Waals surface area contributed by atoms with Gasteiger partial charge in [0.2, 0.25) is 0 Å². The third-order valence-electron chi connectivity index (χ3n) is 4.94. The van der Waals surface area contributed by atoms with Crippen molar-refractivity contribution in [2.24, 2.45) is 0 Å². The molecule has 2 aliphatic rings. The molecule has 3 rings (SSSR count). The lowest BCUT2D eigenvalue weighted by Crippen LogP contribution is -2.54. The van der Waals surface area contributed by atoms with Crippen molar-refractivity contribution < 1.29 is 9.84 Å². The van der Waals surface area contributed by atoms with Crippen LogP contribution in [0.15, 0.2) is 24.3 Å². The summed E-state index contributed by atoms with van der Waals surface area (Å²) in [6.45, 7) is 1.59. The maximum atomic E-state index is 11.1. The van der Waals surface area contributed by atoms with Crippen molar-refractivity contribution in [1.29, 1.82) is 0 Å².